The number of hydrogen-bond acceptors (Lipinski definition) is 4. The zero-order chi connectivity index (χ0) is 15.4. The van der Waals surface area contributed by atoms with Crippen molar-refractivity contribution in [3.63, 3.8) is 0 Å². The molecule has 0 saturated heterocycles. The molecule has 0 aliphatic rings. The fraction of sp³-hybridized carbons (Fsp3) is 0. The van der Waals surface area contributed by atoms with Gasteiger partial charge in [0.05, 0.1) is 11.3 Å². The van der Waals surface area contributed by atoms with Crippen LogP contribution >= 0.6 is 31.9 Å². The molecule has 1 heterocycles. The molecule has 4 N–H and O–H groups in total. The van der Waals surface area contributed by atoms with E-state index in [1.165, 1.54) is 6.20 Å². The minimum atomic E-state index is -0.349. The van der Waals surface area contributed by atoms with Gasteiger partial charge in [0, 0.05) is 26.9 Å². The maximum atomic E-state index is 12.2. The smallest absolute Gasteiger partial charge is 0.257 e. The Morgan fingerprint density at radius 1 is 1.24 bits per heavy atom. The van der Waals surface area contributed by atoms with Crippen LogP contribution in [0.25, 0.3) is 0 Å². The van der Waals surface area contributed by atoms with E-state index in [0.29, 0.717) is 21.3 Å². The van der Waals surface area contributed by atoms with Crippen LogP contribution in [-0.4, -0.2) is 21.9 Å². The minimum absolute atomic E-state index is 0.0982. The standard InChI is InChI=1S/C13H10Br2N4O2/c14-8-1-2-11(10(4-8)12(16)19-21)18-13(20)7-3-9(15)6-17-5-7/h1-6,21H,(H2,16,19)(H,18,20). The molecule has 0 radical (unpaired) electrons. The molecule has 0 atom stereocenters. The molecular weight excluding hydrogens is 404 g/mol. The Labute approximate surface area is 137 Å². The number of nitrogens with one attached hydrogen (secondary N) is 1. The number of halogens is 2. The highest BCUT2D eigenvalue weighted by atomic mass is 79.9. The number of rotatable bonds is 3. The number of anilines is 1. The van der Waals surface area contributed by atoms with E-state index in [0.717, 1.165) is 4.47 Å². The molecule has 0 saturated carbocycles. The summed E-state index contributed by atoms with van der Waals surface area (Å²) in [6.45, 7) is 0. The van der Waals surface area contributed by atoms with E-state index in [9.17, 15) is 4.79 Å². The van der Waals surface area contributed by atoms with E-state index >= 15 is 0 Å². The quantitative estimate of drug-likeness (QED) is 0.311. The van der Waals surface area contributed by atoms with Crippen molar-refractivity contribution in [1.29, 1.82) is 0 Å². The van der Waals surface area contributed by atoms with Crippen LogP contribution in [0.3, 0.4) is 0 Å². The van der Waals surface area contributed by atoms with Crippen LogP contribution in [0, 0.1) is 0 Å². The number of carbonyl (C=O) groups is 1. The first-order valence-electron chi connectivity index (χ1n) is 5.70. The summed E-state index contributed by atoms with van der Waals surface area (Å²) in [6, 6.07) is 6.68. The fourth-order valence-electron chi connectivity index (χ4n) is 1.62. The van der Waals surface area contributed by atoms with Gasteiger partial charge in [-0.1, -0.05) is 21.1 Å². The molecule has 108 valence electrons. The fourth-order valence-corrected chi connectivity index (χ4v) is 2.35. The summed E-state index contributed by atoms with van der Waals surface area (Å²) in [5, 5.41) is 14.5. The average Bonchev–Trinajstić information content (AvgIpc) is 2.48. The van der Waals surface area contributed by atoms with Crippen LogP contribution in [0.5, 0.6) is 0 Å². The van der Waals surface area contributed by atoms with Crippen molar-refractivity contribution >= 4 is 49.3 Å². The molecule has 2 aromatic rings. The molecule has 0 bridgehead atoms. The Kier molecular flexibility index (Phi) is 4.92. The number of amidine groups is 1. The van der Waals surface area contributed by atoms with Crippen LogP contribution in [0.2, 0.25) is 0 Å². The molecule has 8 heteroatoms. The van der Waals surface area contributed by atoms with Crippen molar-refractivity contribution in [3.05, 3.63) is 56.7 Å². The third-order valence-electron chi connectivity index (χ3n) is 2.58. The van der Waals surface area contributed by atoms with Crippen LogP contribution in [0.1, 0.15) is 15.9 Å². The highest BCUT2D eigenvalue weighted by Crippen LogP contribution is 2.22. The highest BCUT2D eigenvalue weighted by molar-refractivity contribution is 9.10. The normalized spacial score (nSPS) is 11.2. The molecule has 0 spiro atoms. The van der Waals surface area contributed by atoms with Crippen LogP contribution in [-0.2, 0) is 0 Å². The number of hydrogen-bond donors (Lipinski definition) is 3. The van der Waals surface area contributed by atoms with Gasteiger partial charge in [0.2, 0.25) is 0 Å². The first-order chi connectivity index (χ1) is 10.0. The summed E-state index contributed by atoms with van der Waals surface area (Å²) in [7, 11) is 0. The monoisotopic (exact) mass is 412 g/mol. The van der Waals surface area contributed by atoms with E-state index in [4.69, 9.17) is 10.9 Å². The summed E-state index contributed by atoms with van der Waals surface area (Å²) in [5.41, 5.74) is 6.83. The van der Waals surface area contributed by atoms with Gasteiger partial charge in [-0.2, -0.15) is 0 Å². The predicted molar refractivity (Wildman–Crippen MR) is 86.5 cm³/mol. The zero-order valence-corrected chi connectivity index (χ0v) is 13.7. The molecule has 0 unspecified atom stereocenters. The first kappa shape index (κ1) is 15.5. The Bertz CT molecular complexity index is 719. The lowest BCUT2D eigenvalue weighted by atomic mass is 10.1. The van der Waals surface area contributed by atoms with Crippen molar-refractivity contribution in [3.8, 4) is 0 Å². The maximum Gasteiger partial charge on any atom is 0.257 e. The SMILES string of the molecule is N/C(=N/O)c1cc(Br)ccc1NC(=O)c1cncc(Br)c1. The second-order valence-electron chi connectivity index (χ2n) is 4.02. The van der Waals surface area contributed by atoms with E-state index in [1.54, 1.807) is 30.5 Å². The summed E-state index contributed by atoms with van der Waals surface area (Å²) in [5.74, 6) is -0.447. The number of benzene rings is 1. The van der Waals surface area contributed by atoms with E-state index in [2.05, 4.69) is 47.3 Å². The van der Waals surface area contributed by atoms with Crippen molar-refractivity contribution in [2.24, 2.45) is 10.9 Å². The topological polar surface area (TPSA) is 101 Å². The van der Waals surface area contributed by atoms with Gasteiger partial charge in [0.15, 0.2) is 5.84 Å². The number of aromatic nitrogens is 1. The van der Waals surface area contributed by atoms with E-state index in [1.807, 2.05) is 0 Å². The molecule has 1 aromatic carbocycles. The lowest BCUT2D eigenvalue weighted by Gasteiger charge is -2.10. The lowest BCUT2D eigenvalue weighted by Crippen LogP contribution is -2.19. The summed E-state index contributed by atoms with van der Waals surface area (Å²) < 4.78 is 1.44. The minimum Gasteiger partial charge on any atom is -0.409 e. The number of nitrogens with zero attached hydrogens (tertiary/aromatic N) is 2. The molecule has 0 fully saturated rings. The van der Waals surface area contributed by atoms with Gasteiger partial charge in [-0.15, -0.1) is 0 Å². The third-order valence-corrected chi connectivity index (χ3v) is 3.51. The number of carbonyl (C=O) groups excluding carboxylic acids is 1. The third kappa shape index (κ3) is 3.79. The second kappa shape index (κ2) is 6.68. The van der Waals surface area contributed by atoms with Crippen molar-refractivity contribution in [1.82, 2.24) is 4.98 Å². The van der Waals surface area contributed by atoms with Crippen LogP contribution in [0.4, 0.5) is 5.69 Å². The molecule has 1 amide bonds. The van der Waals surface area contributed by atoms with Gasteiger partial charge in [-0.3, -0.25) is 9.78 Å². The lowest BCUT2D eigenvalue weighted by molar-refractivity contribution is 0.102. The second-order valence-corrected chi connectivity index (χ2v) is 5.85. The van der Waals surface area contributed by atoms with Gasteiger partial charge in [-0.05, 0) is 40.2 Å². The Balaban J connectivity index is 2.33. The Morgan fingerprint density at radius 3 is 2.67 bits per heavy atom. The van der Waals surface area contributed by atoms with Gasteiger partial charge < -0.3 is 16.3 Å². The van der Waals surface area contributed by atoms with Gasteiger partial charge in [0.1, 0.15) is 0 Å². The zero-order valence-electron chi connectivity index (χ0n) is 10.5. The summed E-state index contributed by atoms with van der Waals surface area (Å²) >= 11 is 6.55. The molecule has 1 aromatic heterocycles. The Morgan fingerprint density at radius 2 is 2.00 bits per heavy atom. The van der Waals surface area contributed by atoms with Crippen molar-refractivity contribution in [2.75, 3.05) is 5.32 Å². The molecular formula is C13H10Br2N4O2. The Hall–Kier alpha value is -1.93. The molecule has 6 nitrogen and oxygen atoms in total. The number of oxime groups is 1. The van der Waals surface area contributed by atoms with Crippen molar-refractivity contribution in [2.45, 2.75) is 0 Å². The molecule has 21 heavy (non-hydrogen) atoms. The van der Waals surface area contributed by atoms with Crippen LogP contribution in [0.15, 0.2) is 50.8 Å². The van der Waals surface area contributed by atoms with Gasteiger partial charge in [-0.25, -0.2) is 0 Å². The van der Waals surface area contributed by atoms with Crippen LogP contribution < -0.4 is 11.1 Å². The van der Waals surface area contributed by atoms with Gasteiger partial charge >= 0.3 is 0 Å². The number of pyridine rings is 1. The average molecular weight is 414 g/mol. The summed E-state index contributed by atoms with van der Waals surface area (Å²) in [6.07, 6.45) is 3.03. The largest absolute Gasteiger partial charge is 0.409 e. The van der Waals surface area contributed by atoms with E-state index in [-0.39, 0.29) is 11.7 Å². The maximum absolute atomic E-state index is 12.2. The molecule has 0 aliphatic heterocycles. The first-order valence-corrected chi connectivity index (χ1v) is 7.29. The molecule has 2 rings (SSSR count). The number of amides is 1. The van der Waals surface area contributed by atoms with Gasteiger partial charge in [0.25, 0.3) is 5.91 Å². The number of nitrogens with two attached hydrogens (primary N) is 1. The van der Waals surface area contributed by atoms with E-state index < -0.39 is 0 Å². The molecule has 0 aliphatic carbocycles. The highest BCUT2D eigenvalue weighted by Gasteiger charge is 2.13. The predicted octanol–water partition coefficient (Wildman–Crippen LogP) is 2.95. The summed E-state index contributed by atoms with van der Waals surface area (Å²) in [4.78, 5) is 16.1. The van der Waals surface area contributed by atoms with Crippen molar-refractivity contribution < 1.29 is 10.0 Å².